The number of hydrogen-bond donors (Lipinski definition) is 1. The summed E-state index contributed by atoms with van der Waals surface area (Å²) in [5, 5.41) is 8.51. The second-order valence-electron chi connectivity index (χ2n) is 7.00. The van der Waals surface area contributed by atoms with Gasteiger partial charge in [0.25, 0.3) is 0 Å². The molecule has 3 aromatic rings. The number of nitrogens with zero attached hydrogens (tertiary/aromatic N) is 4. The van der Waals surface area contributed by atoms with Gasteiger partial charge >= 0.3 is 0 Å². The van der Waals surface area contributed by atoms with Gasteiger partial charge < -0.3 is 5.32 Å². The number of amides is 1. The van der Waals surface area contributed by atoms with Crippen LogP contribution in [0.1, 0.15) is 30.2 Å². The summed E-state index contributed by atoms with van der Waals surface area (Å²) < 4.78 is 1.80. The number of hydrogen-bond acceptors (Lipinski definition) is 4. The van der Waals surface area contributed by atoms with E-state index in [0.717, 1.165) is 46.5 Å². The van der Waals surface area contributed by atoms with Gasteiger partial charge in [0.15, 0.2) is 5.65 Å². The van der Waals surface area contributed by atoms with Gasteiger partial charge in [-0.25, -0.2) is 4.98 Å². The molecule has 6 nitrogen and oxygen atoms in total. The Labute approximate surface area is 160 Å². The standard InChI is InChI=1S/C21H27N5O/c1-5-10-26(14-20(27)23-19-9-7-6-8-15(19)2)13-17-11-18-16(3)24-25(4)21(18)22-12-17/h6-9,11-12H,5,10,13-14H2,1-4H3,(H,23,27). The topological polar surface area (TPSA) is 63.1 Å². The van der Waals surface area contributed by atoms with Gasteiger partial charge in [-0.2, -0.15) is 5.10 Å². The Morgan fingerprint density at radius 3 is 2.78 bits per heavy atom. The molecule has 0 aliphatic carbocycles. The second kappa shape index (κ2) is 8.31. The van der Waals surface area contributed by atoms with E-state index in [2.05, 4.69) is 33.3 Å². The average Bonchev–Trinajstić information content (AvgIpc) is 2.91. The molecule has 0 unspecified atom stereocenters. The van der Waals surface area contributed by atoms with Gasteiger partial charge in [0, 0.05) is 30.9 Å². The van der Waals surface area contributed by atoms with E-state index >= 15 is 0 Å². The lowest BCUT2D eigenvalue weighted by molar-refractivity contribution is -0.117. The van der Waals surface area contributed by atoms with Gasteiger partial charge in [-0.3, -0.25) is 14.4 Å². The minimum absolute atomic E-state index is 0.00402. The summed E-state index contributed by atoms with van der Waals surface area (Å²) >= 11 is 0. The van der Waals surface area contributed by atoms with Crippen molar-refractivity contribution in [3.63, 3.8) is 0 Å². The van der Waals surface area contributed by atoms with Gasteiger partial charge in [-0.05, 0) is 50.1 Å². The van der Waals surface area contributed by atoms with Crippen LogP contribution in [-0.2, 0) is 18.4 Å². The molecule has 1 amide bonds. The quantitative estimate of drug-likeness (QED) is 0.697. The van der Waals surface area contributed by atoms with E-state index in [0.29, 0.717) is 13.1 Å². The molecule has 0 atom stereocenters. The van der Waals surface area contributed by atoms with Gasteiger partial charge in [-0.15, -0.1) is 0 Å². The molecular formula is C21H27N5O. The maximum atomic E-state index is 12.5. The van der Waals surface area contributed by atoms with E-state index in [-0.39, 0.29) is 5.91 Å². The van der Waals surface area contributed by atoms with Crippen molar-refractivity contribution >= 4 is 22.6 Å². The molecule has 2 heterocycles. The number of fused-ring (bicyclic) bond motifs is 1. The SMILES string of the molecule is CCCN(CC(=O)Nc1ccccc1C)Cc1cnc2c(c1)c(C)nn2C. The number of aryl methyl sites for hydroxylation is 3. The number of para-hydroxylation sites is 1. The Morgan fingerprint density at radius 2 is 2.04 bits per heavy atom. The van der Waals surface area contributed by atoms with Crippen LogP contribution in [0.15, 0.2) is 36.5 Å². The molecule has 0 saturated heterocycles. The van der Waals surface area contributed by atoms with E-state index in [9.17, 15) is 4.79 Å². The lowest BCUT2D eigenvalue weighted by atomic mass is 10.2. The number of aromatic nitrogens is 3. The molecule has 0 radical (unpaired) electrons. The first-order valence-corrected chi connectivity index (χ1v) is 9.34. The zero-order valence-corrected chi connectivity index (χ0v) is 16.5. The highest BCUT2D eigenvalue weighted by atomic mass is 16.2. The van der Waals surface area contributed by atoms with Crippen LogP contribution in [0.2, 0.25) is 0 Å². The normalized spacial score (nSPS) is 11.3. The predicted molar refractivity (Wildman–Crippen MR) is 109 cm³/mol. The van der Waals surface area contributed by atoms with Crippen LogP contribution in [0.3, 0.4) is 0 Å². The van der Waals surface area contributed by atoms with E-state index in [1.807, 2.05) is 51.4 Å². The fourth-order valence-corrected chi connectivity index (χ4v) is 3.33. The molecule has 2 aromatic heterocycles. The third kappa shape index (κ3) is 4.52. The van der Waals surface area contributed by atoms with Crippen molar-refractivity contribution in [1.29, 1.82) is 0 Å². The molecule has 1 aromatic carbocycles. The molecule has 0 aliphatic rings. The first-order chi connectivity index (χ1) is 13.0. The van der Waals surface area contributed by atoms with Gasteiger partial charge in [-0.1, -0.05) is 25.1 Å². The van der Waals surface area contributed by atoms with Crippen molar-refractivity contribution in [2.24, 2.45) is 7.05 Å². The van der Waals surface area contributed by atoms with Crippen molar-refractivity contribution in [3.8, 4) is 0 Å². The number of anilines is 1. The highest BCUT2D eigenvalue weighted by molar-refractivity contribution is 5.92. The number of benzene rings is 1. The number of nitrogens with one attached hydrogen (secondary N) is 1. The smallest absolute Gasteiger partial charge is 0.238 e. The number of pyridine rings is 1. The van der Waals surface area contributed by atoms with E-state index in [1.54, 1.807) is 4.68 Å². The van der Waals surface area contributed by atoms with Crippen LogP contribution < -0.4 is 5.32 Å². The fourth-order valence-electron chi connectivity index (χ4n) is 3.33. The summed E-state index contributed by atoms with van der Waals surface area (Å²) in [7, 11) is 1.90. The van der Waals surface area contributed by atoms with Crippen LogP contribution >= 0.6 is 0 Å². The van der Waals surface area contributed by atoms with E-state index in [4.69, 9.17) is 0 Å². The predicted octanol–water partition coefficient (Wildman–Crippen LogP) is 3.44. The van der Waals surface area contributed by atoms with Gasteiger partial charge in [0.1, 0.15) is 0 Å². The summed E-state index contributed by atoms with van der Waals surface area (Å²) in [6.07, 6.45) is 2.87. The van der Waals surface area contributed by atoms with Crippen LogP contribution in [0.4, 0.5) is 5.69 Å². The molecule has 0 aliphatic heterocycles. The maximum Gasteiger partial charge on any atom is 0.238 e. The van der Waals surface area contributed by atoms with E-state index < -0.39 is 0 Å². The molecule has 0 spiro atoms. The Bertz CT molecular complexity index is 947. The zero-order valence-electron chi connectivity index (χ0n) is 16.5. The highest BCUT2D eigenvalue weighted by Crippen LogP contribution is 2.18. The van der Waals surface area contributed by atoms with Crippen LogP contribution in [0, 0.1) is 13.8 Å². The number of carbonyl (C=O) groups excluding carboxylic acids is 1. The Hall–Kier alpha value is -2.73. The molecule has 3 rings (SSSR count). The summed E-state index contributed by atoms with van der Waals surface area (Å²) in [5.74, 6) is 0.00402. The van der Waals surface area contributed by atoms with Crippen molar-refractivity contribution in [2.45, 2.75) is 33.7 Å². The van der Waals surface area contributed by atoms with Gasteiger partial charge in [0.2, 0.25) is 5.91 Å². The third-order valence-corrected chi connectivity index (χ3v) is 4.65. The van der Waals surface area contributed by atoms with Crippen molar-refractivity contribution in [3.05, 3.63) is 53.3 Å². The third-order valence-electron chi connectivity index (χ3n) is 4.65. The maximum absolute atomic E-state index is 12.5. The van der Waals surface area contributed by atoms with Crippen molar-refractivity contribution < 1.29 is 4.79 Å². The molecule has 0 bridgehead atoms. The van der Waals surface area contributed by atoms with E-state index in [1.165, 1.54) is 0 Å². The number of carbonyl (C=O) groups is 1. The summed E-state index contributed by atoms with van der Waals surface area (Å²) in [6, 6.07) is 9.96. The van der Waals surface area contributed by atoms with Gasteiger partial charge in [0.05, 0.1) is 12.2 Å². The minimum Gasteiger partial charge on any atom is -0.325 e. The summed E-state index contributed by atoms with van der Waals surface area (Å²) in [6.45, 7) is 8.01. The molecule has 6 heteroatoms. The fraction of sp³-hybridized carbons (Fsp3) is 0.381. The van der Waals surface area contributed by atoms with Crippen molar-refractivity contribution in [2.75, 3.05) is 18.4 Å². The molecule has 142 valence electrons. The number of rotatable bonds is 7. The molecule has 1 N–H and O–H groups in total. The molecular weight excluding hydrogens is 338 g/mol. The summed E-state index contributed by atoms with van der Waals surface area (Å²) in [5.41, 5.74) is 4.88. The van der Waals surface area contributed by atoms with Crippen LogP contribution in [-0.4, -0.2) is 38.7 Å². The van der Waals surface area contributed by atoms with Crippen molar-refractivity contribution in [1.82, 2.24) is 19.7 Å². The minimum atomic E-state index is 0.00402. The Morgan fingerprint density at radius 1 is 1.26 bits per heavy atom. The average molecular weight is 365 g/mol. The first kappa shape index (κ1) is 19.0. The van der Waals surface area contributed by atoms with Crippen LogP contribution in [0.25, 0.3) is 11.0 Å². The zero-order chi connectivity index (χ0) is 19.4. The monoisotopic (exact) mass is 365 g/mol. The Kier molecular flexibility index (Phi) is 5.86. The molecule has 0 saturated carbocycles. The Balaban J connectivity index is 1.71. The first-order valence-electron chi connectivity index (χ1n) is 9.34. The highest BCUT2D eigenvalue weighted by Gasteiger charge is 2.14. The lowest BCUT2D eigenvalue weighted by Gasteiger charge is -2.21. The summed E-state index contributed by atoms with van der Waals surface area (Å²) in [4.78, 5) is 19.2. The lowest BCUT2D eigenvalue weighted by Crippen LogP contribution is -2.33. The largest absolute Gasteiger partial charge is 0.325 e. The second-order valence-corrected chi connectivity index (χ2v) is 7.00. The van der Waals surface area contributed by atoms with Crippen LogP contribution in [0.5, 0.6) is 0 Å². The molecule has 0 fully saturated rings. The molecule has 27 heavy (non-hydrogen) atoms.